The predicted octanol–water partition coefficient (Wildman–Crippen LogP) is 5.03. The van der Waals surface area contributed by atoms with E-state index in [9.17, 15) is 4.79 Å². The van der Waals surface area contributed by atoms with E-state index < -0.39 is 6.04 Å². The van der Waals surface area contributed by atoms with Gasteiger partial charge in [-0.25, -0.2) is 0 Å². The summed E-state index contributed by atoms with van der Waals surface area (Å²) < 4.78 is 6.07. The lowest BCUT2D eigenvalue weighted by molar-refractivity contribution is -0.113. The molecular weight excluding hydrogens is 406 g/mol. The molecular formula is C22H18ClN3O2S. The van der Waals surface area contributed by atoms with Crippen LogP contribution in [0.5, 0.6) is 0 Å². The molecule has 0 unspecified atom stereocenters. The zero-order valence-electron chi connectivity index (χ0n) is 15.5. The number of para-hydroxylation sites is 1. The molecule has 0 bridgehead atoms. The maximum atomic E-state index is 13.0. The molecule has 4 rings (SSSR count). The van der Waals surface area contributed by atoms with Crippen molar-refractivity contribution >= 4 is 40.5 Å². The maximum Gasteiger partial charge on any atom is 0.255 e. The molecule has 0 saturated heterocycles. The molecule has 0 aliphatic carbocycles. The highest BCUT2D eigenvalue weighted by molar-refractivity contribution is 7.80. The summed E-state index contributed by atoms with van der Waals surface area (Å²) in [5, 5.41) is 10.2. The molecule has 146 valence electrons. The van der Waals surface area contributed by atoms with E-state index in [1.807, 2.05) is 61.5 Å². The second-order valence-electron chi connectivity index (χ2n) is 6.60. The number of hydrogen-bond acceptors (Lipinski definition) is 3. The van der Waals surface area contributed by atoms with Gasteiger partial charge >= 0.3 is 0 Å². The first kappa shape index (κ1) is 19.2. The largest absolute Gasteiger partial charge is 0.459 e. The van der Waals surface area contributed by atoms with Crippen molar-refractivity contribution in [2.45, 2.75) is 13.0 Å². The fraction of sp³-hybridized carbons (Fsp3) is 0.0909. The summed E-state index contributed by atoms with van der Waals surface area (Å²) >= 11 is 11.3. The Morgan fingerprint density at radius 3 is 2.52 bits per heavy atom. The van der Waals surface area contributed by atoms with Crippen LogP contribution in [-0.4, -0.2) is 11.0 Å². The second kappa shape index (κ2) is 8.11. The minimum atomic E-state index is -0.506. The van der Waals surface area contributed by atoms with Gasteiger partial charge in [-0.2, -0.15) is 0 Å². The van der Waals surface area contributed by atoms with Crippen LogP contribution >= 0.6 is 23.8 Å². The molecule has 7 heteroatoms. The van der Waals surface area contributed by atoms with E-state index >= 15 is 0 Å². The number of carbonyl (C=O) groups excluding carboxylic acids is 1. The average molecular weight is 424 g/mol. The first-order valence-corrected chi connectivity index (χ1v) is 9.80. The molecule has 2 heterocycles. The minimum absolute atomic E-state index is 0.231. The van der Waals surface area contributed by atoms with Crippen LogP contribution in [0.2, 0.25) is 5.02 Å². The molecule has 0 radical (unpaired) electrons. The average Bonchev–Trinajstić information content (AvgIpc) is 3.18. The van der Waals surface area contributed by atoms with Gasteiger partial charge in [0.15, 0.2) is 5.11 Å². The van der Waals surface area contributed by atoms with Crippen LogP contribution in [0.15, 0.2) is 82.4 Å². The Hall–Kier alpha value is -3.09. The molecule has 0 fully saturated rings. The first-order chi connectivity index (χ1) is 14.0. The molecule has 1 amide bonds. The van der Waals surface area contributed by atoms with E-state index in [4.69, 9.17) is 28.2 Å². The fourth-order valence-corrected chi connectivity index (χ4v) is 3.60. The Balaban J connectivity index is 1.65. The number of hydrogen-bond donors (Lipinski definition) is 3. The Labute approximate surface area is 178 Å². The predicted molar refractivity (Wildman–Crippen MR) is 119 cm³/mol. The number of thiocarbonyl (C=S) groups is 1. The van der Waals surface area contributed by atoms with Gasteiger partial charge in [0.25, 0.3) is 5.91 Å². The molecule has 3 aromatic rings. The molecule has 0 saturated carbocycles. The van der Waals surface area contributed by atoms with E-state index in [1.165, 1.54) is 0 Å². The molecule has 1 aromatic heterocycles. The Morgan fingerprint density at radius 1 is 1.07 bits per heavy atom. The number of nitrogens with one attached hydrogen (secondary N) is 3. The van der Waals surface area contributed by atoms with Crippen molar-refractivity contribution in [2.24, 2.45) is 0 Å². The summed E-state index contributed by atoms with van der Waals surface area (Å²) in [6.07, 6.45) is 0. The van der Waals surface area contributed by atoms with Crippen molar-refractivity contribution in [1.29, 1.82) is 0 Å². The molecule has 1 aliphatic heterocycles. The van der Waals surface area contributed by atoms with Gasteiger partial charge in [0.2, 0.25) is 0 Å². The van der Waals surface area contributed by atoms with Crippen molar-refractivity contribution in [3.8, 4) is 11.3 Å². The van der Waals surface area contributed by atoms with Gasteiger partial charge in [-0.15, -0.1) is 0 Å². The number of halogens is 1. The van der Waals surface area contributed by atoms with Gasteiger partial charge in [0.1, 0.15) is 17.6 Å². The smallest absolute Gasteiger partial charge is 0.255 e. The quantitative estimate of drug-likeness (QED) is 0.513. The first-order valence-electron chi connectivity index (χ1n) is 9.01. The Morgan fingerprint density at radius 2 is 1.79 bits per heavy atom. The molecule has 0 spiro atoms. The topological polar surface area (TPSA) is 66.3 Å². The van der Waals surface area contributed by atoms with Gasteiger partial charge in [0.05, 0.1) is 5.57 Å². The number of allylic oxidation sites excluding steroid dienone is 1. The van der Waals surface area contributed by atoms with Gasteiger partial charge in [-0.05, 0) is 67.7 Å². The molecule has 2 aromatic carbocycles. The van der Waals surface area contributed by atoms with Gasteiger partial charge < -0.3 is 20.4 Å². The summed E-state index contributed by atoms with van der Waals surface area (Å²) in [6, 6.07) is 19.9. The highest BCUT2D eigenvalue weighted by atomic mass is 35.5. The summed E-state index contributed by atoms with van der Waals surface area (Å²) in [5.41, 5.74) is 2.80. The number of furan rings is 1. The van der Waals surface area contributed by atoms with E-state index in [-0.39, 0.29) is 5.91 Å². The van der Waals surface area contributed by atoms with Gasteiger partial charge in [-0.3, -0.25) is 4.79 Å². The molecule has 3 N–H and O–H groups in total. The standard InChI is InChI=1S/C22H18ClN3O2S/c1-13-19(21(27)25-16-5-3-2-4-6-16)20(26-22(29)24-13)18-12-11-17(28-18)14-7-9-15(23)10-8-14/h2-12,20H,1H3,(H,25,27)(H2,24,26,29)/t20-/m0/s1. The third-order valence-electron chi connectivity index (χ3n) is 4.59. The second-order valence-corrected chi connectivity index (χ2v) is 7.44. The monoisotopic (exact) mass is 423 g/mol. The molecule has 29 heavy (non-hydrogen) atoms. The van der Waals surface area contributed by atoms with Crippen LogP contribution < -0.4 is 16.0 Å². The SMILES string of the molecule is CC1=C(C(=O)Nc2ccccc2)[C@H](c2ccc(-c3ccc(Cl)cc3)o2)NC(=S)N1. The lowest BCUT2D eigenvalue weighted by atomic mass is 10.00. The van der Waals surface area contributed by atoms with Gasteiger partial charge in [-0.1, -0.05) is 29.8 Å². The van der Waals surface area contributed by atoms with Crippen LogP contribution in [-0.2, 0) is 4.79 Å². The summed E-state index contributed by atoms with van der Waals surface area (Å²) in [5.74, 6) is 1.05. The van der Waals surface area contributed by atoms with Crippen LogP contribution in [0.3, 0.4) is 0 Å². The van der Waals surface area contributed by atoms with Crippen molar-refractivity contribution in [3.63, 3.8) is 0 Å². The van der Waals surface area contributed by atoms with E-state index in [0.29, 0.717) is 38.6 Å². The van der Waals surface area contributed by atoms with Gasteiger partial charge in [0, 0.05) is 22.0 Å². The highest BCUT2D eigenvalue weighted by Crippen LogP contribution is 2.32. The van der Waals surface area contributed by atoms with Crippen molar-refractivity contribution in [3.05, 3.63) is 88.8 Å². The summed E-state index contributed by atoms with van der Waals surface area (Å²) in [6.45, 7) is 1.82. The minimum Gasteiger partial charge on any atom is -0.459 e. The zero-order chi connectivity index (χ0) is 20.4. The third kappa shape index (κ3) is 4.18. The van der Waals surface area contributed by atoms with E-state index in [1.54, 1.807) is 12.1 Å². The summed E-state index contributed by atoms with van der Waals surface area (Å²) in [7, 11) is 0. The Bertz CT molecular complexity index is 1090. The number of anilines is 1. The summed E-state index contributed by atoms with van der Waals surface area (Å²) in [4.78, 5) is 13.0. The maximum absolute atomic E-state index is 13.0. The lowest BCUT2D eigenvalue weighted by Crippen LogP contribution is -2.45. The van der Waals surface area contributed by atoms with Crippen LogP contribution in [0, 0.1) is 0 Å². The van der Waals surface area contributed by atoms with Crippen molar-refractivity contribution in [2.75, 3.05) is 5.32 Å². The third-order valence-corrected chi connectivity index (χ3v) is 5.06. The lowest BCUT2D eigenvalue weighted by Gasteiger charge is -2.28. The fourth-order valence-electron chi connectivity index (χ4n) is 3.21. The molecule has 1 aliphatic rings. The van der Waals surface area contributed by atoms with Crippen LogP contribution in [0.4, 0.5) is 5.69 Å². The van der Waals surface area contributed by atoms with Crippen LogP contribution in [0.1, 0.15) is 18.7 Å². The number of carbonyl (C=O) groups is 1. The van der Waals surface area contributed by atoms with Crippen molar-refractivity contribution < 1.29 is 9.21 Å². The Kier molecular flexibility index (Phi) is 5.38. The number of amides is 1. The highest BCUT2D eigenvalue weighted by Gasteiger charge is 2.32. The van der Waals surface area contributed by atoms with E-state index in [0.717, 1.165) is 5.56 Å². The zero-order valence-corrected chi connectivity index (χ0v) is 17.1. The number of rotatable bonds is 4. The van der Waals surface area contributed by atoms with Crippen molar-refractivity contribution in [1.82, 2.24) is 10.6 Å². The number of benzene rings is 2. The molecule has 5 nitrogen and oxygen atoms in total. The molecule has 1 atom stereocenters. The van der Waals surface area contributed by atoms with E-state index in [2.05, 4.69) is 16.0 Å². The van der Waals surface area contributed by atoms with Crippen LogP contribution in [0.25, 0.3) is 11.3 Å². The normalized spacial score (nSPS) is 16.2.